The molecule has 0 amide bonds. The smallest absolute Gasteiger partial charge is 0.243 e. The van der Waals surface area contributed by atoms with E-state index in [9.17, 15) is 18.4 Å². The predicted octanol–water partition coefficient (Wildman–Crippen LogP) is 7.48. The number of hydrogen-bond acceptors (Lipinski definition) is 7. The van der Waals surface area contributed by atoms with Crippen LogP contribution in [0.1, 0.15) is 87.9 Å². The summed E-state index contributed by atoms with van der Waals surface area (Å²) in [5.41, 5.74) is 12.8. The Bertz CT molecular complexity index is 1590. The van der Waals surface area contributed by atoms with Crippen LogP contribution in [0.25, 0.3) is 0 Å². The number of Topliss-reactive ketones (excluding diaryl/α,β-unsaturated/α-hetero) is 2. The zero-order chi connectivity index (χ0) is 42.4. The molecule has 4 rings (SSSR count). The Morgan fingerprint density at radius 3 is 1.59 bits per heavy atom. The molecule has 0 saturated carbocycles. The molecule has 2 aromatic rings. The number of nitrogens with two attached hydrogens (primary N) is 2. The van der Waals surface area contributed by atoms with Gasteiger partial charge in [0.2, 0.25) is 11.6 Å². The topological polar surface area (TPSA) is 120 Å². The largest absolute Gasteiger partial charge is 1.00 e. The van der Waals surface area contributed by atoms with E-state index in [-0.39, 0.29) is 68.2 Å². The van der Waals surface area contributed by atoms with Crippen molar-refractivity contribution in [2.24, 2.45) is 16.5 Å². The van der Waals surface area contributed by atoms with Crippen LogP contribution in [-0.4, -0.2) is 85.9 Å². The molecule has 56 heavy (non-hydrogen) atoms. The van der Waals surface area contributed by atoms with Gasteiger partial charge in [0, 0.05) is 24.0 Å². The lowest BCUT2D eigenvalue weighted by atomic mass is 10.1. The van der Waals surface area contributed by atoms with Crippen LogP contribution in [-0.2, 0) is 8.85 Å². The molecule has 0 aliphatic carbocycles. The van der Waals surface area contributed by atoms with Crippen molar-refractivity contribution in [1.29, 1.82) is 0 Å². The molecule has 0 unspecified atom stereocenters. The second-order valence-corrected chi connectivity index (χ2v) is 28.7. The normalized spacial score (nSPS) is 17.1. The third-order valence-corrected chi connectivity index (χ3v) is 19.8. The minimum absolute atomic E-state index is 0. The first-order chi connectivity index (χ1) is 25.2. The zero-order valence-corrected chi connectivity index (χ0v) is 41.8. The summed E-state index contributed by atoms with van der Waals surface area (Å²) in [6.45, 7) is 23.9. The van der Waals surface area contributed by atoms with Gasteiger partial charge in [-0.25, -0.2) is 8.78 Å². The molecule has 17 heteroatoms. The summed E-state index contributed by atoms with van der Waals surface area (Å²) in [7, 11) is -3.44. The molecule has 2 heterocycles. The van der Waals surface area contributed by atoms with Crippen LogP contribution in [0.15, 0.2) is 53.5 Å². The van der Waals surface area contributed by atoms with Crippen molar-refractivity contribution in [1.82, 2.24) is 0 Å². The molecule has 0 aromatic heterocycles. The Kier molecular flexibility index (Phi) is 24.2. The Balaban J connectivity index is 0.000000829. The summed E-state index contributed by atoms with van der Waals surface area (Å²) in [4.78, 5) is 27.8. The highest BCUT2D eigenvalue weighted by atomic mass is 79.9. The number of alkyl halides is 4. The van der Waals surface area contributed by atoms with E-state index < -0.39 is 20.9 Å². The van der Waals surface area contributed by atoms with E-state index in [1.54, 1.807) is 0 Å². The molecule has 2 aliphatic heterocycles. The van der Waals surface area contributed by atoms with Crippen LogP contribution in [0.2, 0.25) is 36.3 Å². The van der Waals surface area contributed by atoms with Crippen LogP contribution in [0.4, 0.5) is 8.78 Å². The maximum atomic E-state index is 13.0. The number of carbonyl (C=O) groups excluding carboxylic acids is 2. The fourth-order valence-corrected chi connectivity index (χ4v) is 7.10. The lowest BCUT2D eigenvalue weighted by Crippen LogP contribution is -3.00. The molecule has 2 atom stereocenters. The average molecular weight is 1010 g/mol. The SMILES string of the molecule is CC(C)(C)[Si](C)(C)OC[C@@H]1CCC(N)=N1.CC(C)(C)[Si](C)(C)OC[C@@H]1CCC(N)=[N+]1CC(=O)c1ccc(F)cc1.ClC(Cl)Cl.O=C(CBr)c1ccc(F)cc1.[Br-]. The van der Waals surface area contributed by atoms with E-state index in [0.29, 0.717) is 23.8 Å². The number of benzene rings is 2. The molecule has 0 bridgehead atoms. The van der Waals surface area contributed by atoms with Gasteiger partial charge in [-0.1, -0.05) is 92.3 Å². The first-order valence-corrected chi connectivity index (χ1v) is 26.5. The van der Waals surface area contributed by atoms with E-state index in [4.69, 9.17) is 55.1 Å². The van der Waals surface area contributed by atoms with Gasteiger partial charge in [0.05, 0.1) is 36.8 Å². The Labute approximate surface area is 369 Å². The summed E-state index contributed by atoms with van der Waals surface area (Å²) in [6, 6.07) is 11.6. The summed E-state index contributed by atoms with van der Waals surface area (Å²) in [6.07, 6.45) is 3.67. The second kappa shape index (κ2) is 24.8. The van der Waals surface area contributed by atoms with Crippen molar-refractivity contribution in [3.05, 3.63) is 71.3 Å². The minimum atomic E-state index is -1.84. The lowest BCUT2D eigenvalue weighted by molar-refractivity contribution is -0.548. The van der Waals surface area contributed by atoms with Gasteiger partial charge in [-0.2, -0.15) is 0 Å². The molecular formula is C39H61Br2Cl3F2N4O4Si2. The summed E-state index contributed by atoms with van der Waals surface area (Å²) >= 11 is 17.4. The third-order valence-electron chi connectivity index (χ3n) is 10.3. The first kappa shape index (κ1) is 54.8. The van der Waals surface area contributed by atoms with Crippen LogP contribution in [0.5, 0.6) is 0 Å². The summed E-state index contributed by atoms with van der Waals surface area (Å²) < 4.78 is 39.0. The molecule has 0 fully saturated rings. The van der Waals surface area contributed by atoms with E-state index in [2.05, 4.69) is 88.7 Å². The molecule has 0 saturated heterocycles. The molecule has 2 aliphatic rings. The molecular weight excluding hydrogens is 949 g/mol. The Morgan fingerprint density at radius 2 is 1.21 bits per heavy atom. The molecule has 0 spiro atoms. The van der Waals surface area contributed by atoms with Crippen LogP contribution >= 0.6 is 50.7 Å². The number of nitrogens with zero attached hydrogens (tertiary/aromatic N) is 2. The predicted molar refractivity (Wildman–Crippen MR) is 235 cm³/mol. The number of aliphatic imine (C=N–C) groups is 1. The van der Waals surface area contributed by atoms with Crippen molar-refractivity contribution >= 4 is 90.6 Å². The first-order valence-electron chi connectivity index (χ1n) is 18.2. The van der Waals surface area contributed by atoms with Crippen molar-refractivity contribution in [3.63, 3.8) is 0 Å². The quantitative estimate of drug-likeness (QED) is 0.104. The fraction of sp³-hybridized carbons (Fsp3) is 0.590. The maximum absolute atomic E-state index is 13.0. The molecule has 318 valence electrons. The zero-order valence-electron chi connectivity index (χ0n) is 34.3. The number of hydrogen-bond donors (Lipinski definition) is 2. The van der Waals surface area contributed by atoms with Crippen LogP contribution in [0.3, 0.4) is 0 Å². The maximum Gasteiger partial charge on any atom is 0.243 e. The van der Waals surface area contributed by atoms with Gasteiger partial charge in [0.1, 0.15) is 24.2 Å². The van der Waals surface area contributed by atoms with Gasteiger partial charge in [0.25, 0.3) is 0 Å². The molecule has 0 radical (unpaired) electrons. The lowest BCUT2D eigenvalue weighted by Gasteiger charge is -2.36. The second-order valence-electron chi connectivity index (χ2n) is 16.5. The summed E-state index contributed by atoms with van der Waals surface area (Å²) in [5.74, 6) is 0.769. The highest BCUT2D eigenvalue weighted by Gasteiger charge is 2.40. The fourth-order valence-electron chi connectivity index (χ4n) is 4.69. The summed E-state index contributed by atoms with van der Waals surface area (Å²) in [5, 5.41) is 0.703. The van der Waals surface area contributed by atoms with Crippen molar-refractivity contribution in [2.75, 3.05) is 25.1 Å². The van der Waals surface area contributed by atoms with E-state index in [1.165, 1.54) is 48.5 Å². The molecule has 2 aromatic carbocycles. The van der Waals surface area contributed by atoms with E-state index >= 15 is 0 Å². The van der Waals surface area contributed by atoms with E-state index in [1.807, 2.05) is 4.58 Å². The average Bonchev–Trinajstić information content (AvgIpc) is 3.66. The highest BCUT2D eigenvalue weighted by molar-refractivity contribution is 9.09. The van der Waals surface area contributed by atoms with Gasteiger partial charge in [0.15, 0.2) is 26.7 Å². The Morgan fingerprint density at radius 1 is 0.804 bits per heavy atom. The number of ketones is 2. The molecule has 8 nitrogen and oxygen atoms in total. The van der Waals surface area contributed by atoms with Crippen LogP contribution < -0.4 is 28.4 Å². The monoisotopic (exact) mass is 1010 g/mol. The minimum Gasteiger partial charge on any atom is -1.00 e. The van der Waals surface area contributed by atoms with Crippen molar-refractivity contribution < 1.29 is 48.8 Å². The van der Waals surface area contributed by atoms with Crippen molar-refractivity contribution in [2.45, 2.75) is 120 Å². The van der Waals surface area contributed by atoms with Crippen LogP contribution in [0, 0.1) is 11.6 Å². The number of carbonyl (C=O) groups is 2. The number of amidine groups is 2. The number of halogens is 7. The van der Waals surface area contributed by atoms with E-state index in [0.717, 1.165) is 44.0 Å². The third kappa shape index (κ3) is 19.7. The van der Waals surface area contributed by atoms with Gasteiger partial charge in [-0.05, 0) is 91.2 Å². The van der Waals surface area contributed by atoms with Gasteiger partial charge in [-0.3, -0.25) is 24.9 Å². The van der Waals surface area contributed by atoms with Gasteiger partial charge >= 0.3 is 0 Å². The van der Waals surface area contributed by atoms with Gasteiger partial charge < -0.3 is 31.6 Å². The van der Waals surface area contributed by atoms with Gasteiger partial charge in [-0.15, -0.1) is 0 Å². The Hall–Kier alpha value is -1.24. The standard InChI is InChI=1S/C19H29FN2O2Si.C11H24N2OSi.C8H6BrFO.CHCl3.BrH/c1-19(2,3)25(4,5)24-13-16-10-11-18(21)22(16)12-17(23)14-6-8-15(20)9-7-14;1-11(2,3)15(4,5)14-8-9-6-7-10(12)13-9;9-5-8(11)6-1-3-7(10)4-2-6;2-1(3)4;/h6-9,16,21H,10-13H2,1-5H3;9H,6-8H2,1-5H3,(H2,12,13);1-4H,5H2;1H;1H/t16-;9-;;;/m00.../s1. The highest BCUT2D eigenvalue weighted by Crippen LogP contribution is 2.38. The number of rotatable bonds is 11. The van der Waals surface area contributed by atoms with Crippen molar-refractivity contribution in [3.8, 4) is 0 Å². The molecule has 4 N–H and O–H groups in total.